The lowest BCUT2D eigenvalue weighted by Crippen LogP contribution is -2.19. The number of halogens is 1. The van der Waals surface area contributed by atoms with Crippen molar-refractivity contribution < 1.29 is 0 Å². The minimum Gasteiger partial charge on any atom is -0.268 e. The van der Waals surface area contributed by atoms with Gasteiger partial charge in [-0.25, -0.2) is 4.98 Å². The molecule has 2 heterocycles. The maximum absolute atomic E-state index is 12.8. The number of benzene rings is 1. The normalized spacial score (nSPS) is 11.2. The fourth-order valence-corrected chi connectivity index (χ4v) is 3.38. The topological polar surface area (TPSA) is 34.4 Å². The first kappa shape index (κ1) is 13.3. The molecule has 0 amide bonds. The Hall–Kier alpha value is -1.65. The van der Waals surface area contributed by atoms with Crippen LogP contribution in [-0.4, -0.2) is 9.38 Å². The van der Waals surface area contributed by atoms with Crippen LogP contribution in [0.1, 0.15) is 18.3 Å². The summed E-state index contributed by atoms with van der Waals surface area (Å²) in [5, 5.41) is 2.57. The van der Waals surface area contributed by atoms with Crippen molar-refractivity contribution in [3.05, 3.63) is 56.4 Å². The predicted octanol–water partition coefficient (Wildman–Crippen LogP) is 3.95. The molecular formula is C15H13ClN2OS. The summed E-state index contributed by atoms with van der Waals surface area (Å²) < 4.78 is 1.67. The third-order valence-corrected chi connectivity index (χ3v) is 4.44. The summed E-state index contributed by atoms with van der Waals surface area (Å²) in [6, 6.07) is 7.37. The molecule has 0 aliphatic rings. The molecule has 0 fully saturated rings. The summed E-state index contributed by atoms with van der Waals surface area (Å²) in [5.74, 6) is 0. The van der Waals surface area contributed by atoms with Gasteiger partial charge in [-0.3, -0.25) is 9.20 Å². The second kappa shape index (κ2) is 5.04. The Labute approximate surface area is 125 Å². The van der Waals surface area contributed by atoms with Crippen molar-refractivity contribution in [1.29, 1.82) is 0 Å². The molecule has 0 unspecified atom stereocenters. The van der Waals surface area contributed by atoms with Gasteiger partial charge in [0.2, 0.25) is 0 Å². The van der Waals surface area contributed by atoms with Gasteiger partial charge in [0, 0.05) is 16.1 Å². The van der Waals surface area contributed by atoms with E-state index in [1.165, 1.54) is 11.3 Å². The molecule has 3 aromatic rings. The van der Waals surface area contributed by atoms with Gasteiger partial charge >= 0.3 is 0 Å². The molecule has 102 valence electrons. The van der Waals surface area contributed by atoms with Crippen LogP contribution in [0.25, 0.3) is 16.1 Å². The molecule has 5 heteroatoms. The molecule has 0 saturated carbocycles. The molecule has 0 N–H and O–H groups in total. The lowest BCUT2D eigenvalue weighted by atomic mass is 10.0. The van der Waals surface area contributed by atoms with Crippen LogP contribution in [0, 0.1) is 6.92 Å². The summed E-state index contributed by atoms with van der Waals surface area (Å²) in [6.07, 6.45) is 0.713. The quantitative estimate of drug-likeness (QED) is 0.718. The highest BCUT2D eigenvalue weighted by Crippen LogP contribution is 2.24. The van der Waals surface area contributed by atoms with Crippen molar-refractivity contribution in [2.45, 2.75) is 20.3 Å². The van der Waals surface area contributed by atoms with Gasteiger partial charge in [0.25, 0.3) is 5.56 Å². The summed E-state index contributed by atoms with van der Waals surface area (Å²) >= 11 is 7.53. The van der Waals surface area contributed by atoms with E-state index in [9.17, 15) is 4.79 Å². The minimum atomic E-state index is -0.0205. The van der Waals surface area contributed by atoms with E-state index in [1.54, 1.807) is 10.5 Å². The van der Waals surface area contributed by atoms with Gasteiger partial charge in [0.05, 0.1) is 11.3 Å². The molecule has 3 rings (SSSR count). The van der Waals surface area contributed by atoms with E-state index in [1.807, 2.05) is 37.4 Å². The fourth-order valence-electron chi connectivity index (χ4n) is 2.31. The molecule has 0 aliphatic heterocycles. The Morgan fingerprint density at radius 3 is 2.90 bits per heavy atom. The average molecular weight is 305 g/mol. The molecule has 1 aromatic carbocycles. The van der Waals surface area contributed by atoms with Crippen LogP contribution in [0.3, 0.4) is 0 Å². The van der Waals surface area contributed by atoms with E-state index in [4.69, 9.17) is 11.6 Å². The van der Waals surface area contributed by atoms with E-state index < -0.39 is 0 Å². The van der Waals surface area contributed by atoms with Crippen molar-refractivity contribution in [3.8, 4) is 11.1 Å². The lowest BCUT2D eigenvalue weighted by molar-refractivity contribution is 0.966. The molecular weight excluding hydrogens is 292 g/mol. The zero-order valence-corrected chi connectivity index (χ0v) is 12.8. The predicted molar refractivity (Wildman–Crippen MR) is 83.9 cm³/mol. The number of aromatic nitrogens is 2. The van der Waals surface area contributed by atoms with Gasteiger partial charge in [0.1, 0.15) is 0 Å². The van der Waals surface area contributed by atoms with Gasteiger partial charge in [-0.05, 0) is 31.0 Å². The van der Waals surface area contributed by atoms with Gasteiger partial charge in [-0.1, -0.05) is 30.7 Å². The van der Waals surface area contributed by atoms with Crippen LogP contribution < -0.4 is 5.56 Å². The van der Waals surface area contributed by atoms with Crippen molar-refractivity contribution in [2.24, 2.45) is 0 Å². The highest BCUT2D eigenvalue weighted by Gasteiger charge is 2.15. The summed E-state index contributed by atoms with van der Waals surface area (Å²) in [4.78, 5) is 18.2. The minimum absolute atomic E-state index is 0.0205. The Bertz CT molecular complexity index is 851. The zero-order chi connectivity index (χ0) is 14.3. The van der Waals surface area contributed by atoms with Crippen molar-refractivity contribution in [2.75, 3.05) is 0 Å². The highest BCUT2D eigenvalue weighted by atomic mass is 35.5. The van der Waals surface area contributed by atoms with E-state index >= 15 is 0 Å². The van der Waals surface area contributed by atoms with Crippen molar-refractivity contribution >= 4 is 27.9 Å². The molecule has 20 heavy (non-hydrogen) atoms. The number of rotatable bonds is 2. The highest BCUT2D eigenvalue weighted by molar-refractivity contribution is 7.15. The number of hydrogen-bond acceptors (Lipinski definition) is 3. The maximum atomic E-state index is 12.8. The number of hydrogen-bond donors (Lipinski definition) is 0. The Balaban J connectivity index is 2.42. The summed E-state index contributed by atoms with van der Waals surface area (Å²) in [6.45, 7) is 3.92. The molecule has 0 atom stereocenters. The van der Waals surface area contributed by atoms with Crippen LogP contribution in [0.4, 0.5) is 0 Å². The monoisotopic (exact) mass is 304 g/mol. The van der Waals surface area contributed by atoms with E-state index in [-0.39, 0.29) is 5.56 Å². The lowest BCUT2D eigenvalue weighted by Gasteiger charge is -2.08. The third kappa shape index (κ3) is 2.05. The third-order valence-electron chi connectivity index (χ3n) is 3.26. The van der Waals surface area contributed by atoms with Crippen molar-refractivity contribution in [1.82, 2.24) is 9.38 Å². The molecule has 0 spiro atoms. The molecule has 3 nitrogen and oxygen atoms in total. The first-order valence-corrected chi connectivity index (χ1v) is 7.63. The largest absolute Gasteiger partial charge is 0.268 e. The number of aryl methyl sites for hydroxylation is 2. The van der Waals surface area contributed by atoms with Crippen molar-refractivity contribution in [3.63, 3.8) is 0 Å². The van der Waals surface area contributed by atoms with E-state index in [0.717, 1.165) is 21.9 Å². The molecule has 0 radical (unpaired) electrons. The van der Waals surface area contributed by atoms with Gasteiger partial charge in [-0.15, -0.1) is 11.3 Å². The van der Waals surface area contributed by atoms with Crippen LogP contribution in [-0.2, 0) is 6.42 Å². The Kier molecular flexibility index (Phi) is 3.36. The Morgan fingerprint density at radius 1 is 1.40 bits per heavy atom. The summed E-state index contributed by atoms with van der Waals surface area (Å²) in [5.41, 5.74) is 3.18. The zero-order valence-electron chi connectivity index (χ0n) is 11.2. The van der Waals surface area contributed by atoms with Crippen LogP contribution in [0.2, 0.25) is 5.02 Å². The van der Waals surface area contributed by atoms with E-state index in [0.29, 0.717) is 17.0 Å². The maximum Gasteiger partial charge on any atom is 0.266 e. The van der Waals surface area contributed by atoms with Crippen LogP contribution in [0.15, 0.2) is 34.4 Å². The van der Waals surface area contributed by atoms with Gasteiger partial charge in [-0.2, -0.15) is 0 Å². The average Bonchev–Trinajstić information content (AvgIpc) is 2.80. The second-order valence-electron chi connectivity index (χ2n) is 4.60. The van der Waals surface area contributed by atoms with E-state index in [2.05, 4.69) is 4.98 Å². The second-order valence-corrected chi connectivity index (χ2v) is 5.87. The number of fused-ring (bicyclic) bond motifs is 1. The molecule has 0 aliphatic carbocycles. The van der Waals surface area contributed by atoms with Crippen LogP contribution in [0.5, 0.6) is 0 Å². The molecule has 0 saturated heterocycles. The summed E-state index contributed by atoms with van der Waals surface area (Å²) in [7, 11) is 0. The fraction of sp³-hybridized carbons (Fsp3) is 0.200. The van der Waals surface area contributed by atoms with Crippen LogP contribution >= 0.6 is 22.9 Å². The first-order valence-electron chi connectivity index (χ1n) is 6.37. The SMILES string of the molecule is CCc1nc2scc(C)n2c(=O)c1-c1cccc(Cl)c1. The van der Waals surface area contributed by atoms with Gasteiger partial charge in [0.15, 0.2) is 4.96 Å². The number of thiazole rings is 1. The number of nitrogens with zero attached hydrogens (tertiary/aromatic N) is 2. The Morgan fingerprint density at radius 2 is 2.20 bits per heavy atom. The molecule has 2 aromatic heterocycles. The first-order chi connectivity index (χ1) is 9.61. The standard InChI is InChI=1S/C15H13ClN2OS/c1-3-12-13(10-5-4-6-11(16)7-10)14(19)18-9(2)8-20-15(18)17-12/h4-8H,3H2,1-2H3. The smallest absolute Gasteiger partial charge is 0.266 e. The van der Waals surface area contributed by atoms with Gasteiger partial charge < -0.3 is 0 Å². The molecule has 0 bridgehead atoms.